The summed E-state index contributed by atoms with van der Waals surface area (Å²) in [5.74, 6) is -1.32. The van der Waals surface area contributed by atoms with Crippen LogP contribution in [0, 0.1) is 0 Å². The van der Waals surface area contributed by atoms with Crippen molar-refractivity contribution in [2.75, 3.05) is 13.1 Å². The molecule has 1 atom stereocenters. The molecular formula is C11H19N3O4. The van der Waals surface area contributed by atoms with Crippen LogP contribution in [0.2, 0.25) is 0 Å². The number of carbonyl (C=O) groups is 3. The van der Waals surface area contributed by atoms with Gasteiger partial charge >= 0.3 is 12.0 Å². The van der Waals surface area contributed by atoms with Crippen LogP contribution in [0.15, 0.2) is 0 Å². The summed E-state index contributed by atoms with van der Waals surface area (Å²) in [7, 11) is 0. The second-order valence-corrected chi connectivity index (χ2v) is 4.36. The van der Waals surface area contributed by atoms with Crippen LogP contribution >= 0.6 is 0 Å². The highest BCUT2D eigenvalue weighted by atomic mass is 16.4. The van der Waals surface area contributed by atoms with Gasteiger partial charge < -0.3 is 20.6 Å². The lowest BCUT2D eigenvalue weighted by Gasteiger charge is -2.22. The van der Waals surface area contributed by atoms with Gasteiger partial charge in [0, 0.05) is 12.6 Å². The van der Waals surface area contributed by atoms with Crippen LogP contribution in [0.3, 0.4) is 0 Å². The molecule has 7 heteroatoms. The van der Waals surface area contributed by atoms with E-state index in [9.17, 15) is 14.4 Å². The highest BCUT2D eigenvalue weighted by Gasteiger charge is 2.27. The minimum Gasteiger partial charge on any atom is -0.480 e. The second kappa shape index (κ2) is 6.23. The smallest absolute Gasteiger partial charge is 0.323 e. The van der Waals surface area contributed by atoms with Crippen molar-refractivity contribution in [2.24, 2.45) is 0 Å². The number of carbonyl (C=O) groups excluding carboxylic acids is 2. The highest BCUT2D eigenvalue weighted by molar-refractivity contribution is 5.88. The first-order valence-electron chi connectivity index (χ1n) is 6.01. The summed E-state index contributed by atoms with van der Waals surface area (Å²) >= 11 is 0. The zero-order valence-corrected chi connectivity index (χ0v) is 10.6. The Balaban J connectivity index is 2.40. The SMILES string of the molecule is CCN(CC(=O)O)C(=O)NC(C)C(=O)NC1CC1. The number of nitrogens with zero attached hydrogens (tertiary/aromatic N) is 1. The molecule has 0 bridgehead atoms. The largest absolute Gasteiger partial charge is 0.480 e. The Morgan fingerprint density at radius 2 is 2.00 bits per heavy atom. The number of rotatable bonds is 6. The molecule has 1 unspecified atom stereocenters. The van der Waals surface area contributed by atoms with Gasteiger partial charge in [-0.3, -0.25) is 9.59 Å². The Bertz CT molecular complexity index is 341. The molecular weight excluding hydrogens is 238 g/mol. The van der Waals surface area contributed by atoms with Crippen LogP contribution in [0.25, 0.3) is 0 Å². The molecule has 3 amide bonds. The molecule has 0 aromatic carbocycles. The molecule has 1 saturated carbocycles. The van der Waals surface area contributed by atoms with Crippen LogP contribution < -0.4 is 10.6 Å². The van der Waals surface area contributed by atoms with Gasteiger partial charge in [-0.2, -0.15) is 0 Å². The molecule has 0 heterocycles. The summed E-state index contributed by atoms with van der Waals surface area (Å²) in [4.78, 5) is 35.0. The fourth-order valence-corrected chi connectivity index (χ4v) is 1.39. The molecule has 3 N–H and O–H groups in total. The maximum Gasteiger partial charge on any atom is 0.323 e. The van der Waals surface area contributed by atoms with Crippen molar-refractivity contribution in [2.45, 2.75) is 38.8 Å². The van der Waals surface area contributed by atoms with E-state index in [4.69, 9.17) is 5.11 Å². The maximum atomic E-state index is 11.7. The van der Waals surface area contributed by atoms with Gasteiger partial charge in [0.15, 0.2) is 0 Å². The van der Waals surface area contributed by atoms with Crippen LogP contribution in [-0.2, 0) is 9.59 Å². The number of nitrogens with one attached hydrogen (secondary N) is 2. The van der Waals surface area contributed by atoms with Gasteiger partial charge in [-0.25, -0.2) is 4.79 Å². The van der Waals surface area contributed by atoms with E-state index in [1.54, 1.807) is 13.8 Å². The first-order chi connectivity index (χ1) is 8.43. The second-order valence-electron chi connectivity index (χ2n) is 4.36. The summed E-state index contributed by atoms with van der Waals surface area (Å²) in [5.41, 5.74) is 0. The van der Waals surface area contributed by atoms with Crippen molar-refractivity contribution < 1.29 is 19.5 Å². The Morgan fingerprint density at radius 1 is 1.39 bits per heavy atom. The van der Waals surface area contributed by atoms with E-state index < -0.39 is 18.0 Å². The molecule has 0 aromatic heterocycles. The lowest BCUT2D eigenvalue weighted by atomic mass is 10.3. The maximum absolute atomic E-state index is 11.7. The van der Waals surface area contributed by atoms with Crippen molar-refractivity contribution in [3.8, 4) is 0 Å². The standard InChI is InChI=1S/C11H19N3O4/c1-3-14(6-9(15)16)11(18)12-7(2)10(17)13-8-4-5-8/h7-8H,3-6H2,1-2H3,(H,12,18)(H,13,17)(H,15,16). The van der Waals surface area contributed by atoms with Gasteiger partial charge in [0.1, 0.15) is 12.6 Å². The van der Waals surface area contributed by atoms with Gasteiger partial charge in [0.2, 0.25) is 5.91 Å². The first kappa shape index (κ1) is 14.3. The molecule has 102 valence electrons. The van der Waals surface area contributed by atoms with Crippen LogP contribution in [0.1, 0.15) is 26.7 Å². The molecule has 0 saturated heterocycles. The summed E-state index contributed by atoms with van der Waals surface area (Å²) < 4.78 is 0. The molecule has 0 aromatic rings. The summed E-state index contributed by atoms with van der Waals surface area (Å²) in [6.45, 7) is 3.15. The van der Waals surface area contributed by atoms with Crippen molar-refractivity contribution in [3.05, 3.63) is 0 Å². The molecule has 1 aliphatic carbocycles. The third-order valence-corrected chi connectivity index (χ3v) is 2.65. The van der Waals surface area contributed by atoms with E-state index in [1.165, 1.54) is 0 Å². The monoisotopic (exact) mass is 257 g/mol. The fraction of sp³-hybridized carbons (Fsp3) is 0.727. The Morgan fingerprint density at radius 3 is 2.44 bits per heavy atom. The van der Waals surface area contributed by atoms with E-state index in [1.807, 2.05) is 0 Å². The van der Waals surface area contributed by atoms with Gasteiger partial charge in [-0.1, -0.05) is 0 Å². The van der Waals surface area contributed by atoms with Gasteiger partial charge in [-0.05, 0) is 26.7 Å². The number of urea groups is 1. The van der Waals surface area contributed by atoms with Crippen molar-refractivity contribution in [3.63, 3.8) is 0 Å². The lowest BCUT2D eigenvalue weighted by molar-refractivity contribution is -0.137. The molecule has 1 rings (SSSR count). The third-order valence-electron chi connectivity index (χ3n) is 2.65. The molecule has 0 aliphatic heterocycles. The Kier molecular flexibility index (Phi) is 4.94. The van der Waals surface area contributed by atoms with E-state index in [0.717, 1.165) is 17.7 Å². The number of likely N-dealkylation sites (N-methyl/N-ethyl adjacent to an activating group) is 1. The van der Waals surface area contributed by atoms with Crippen LogP contribution in [0.4, 0.5) is 4.79 Å². The molecule has 0 spiro atoms. The minimum absolute atomic E-state index is 0.234. The molecule has 1 aliphatic rings. The number of amides is 3. The molecule has 1 fully saturated rings. The van der Waals surface area contributed by atoms with Gasteiger partial charge in [-0.15, -0.1) is 0 Å². The zero-order chi connectivity index (χ0) is 13.7. The van der Waals surface area contributed by atoms with E-state index in [-0.39, 0.29) is 25.0 Å². The molecule has 7 nitrogen and oxygen atoms in total. The predicted octanol–water partition coefficient (Wildman–Crippen LogP) is -0.230. The Hall–Kier alpha value is -1.79. The minimum atomic E-state index is -1.08. The van der Waals surface area contributed by atoms with Crippen molar-refractivity contribution in [1.29, 1.82) is 0 Å². The Labute approximate surface area is 106 Å². The summed E-state index contributed by atoms with van der Waals surface area (Å²) in [5, 5.41) is 13.9. The normalized spacial score (nSPS) is 15.7. The average molecular weight is 257 g/mol. The number of hydrogen-bond acceptors (Lipinski definition) is 3. The fourth-order valence-electron chi connectivity index (χ4n) is 1.39. The lowest BCUT2D eigenvalue weighted by Crippen LogP contribution is -2.51. The van der Waals surface area contributed by atoms with Gasteiger partial charge in [0.05, 0.1) is 0 Å². The number of hydrogen-bond donors (Lipinski definition) is 3. The summed E-state index contributed by atoms with van der Waals surface area (Å²) in [6.07, 6.45) is 1.96. The first-order valence-corrected chi connectivity index (χ1v) is 6.01. The average Bonchev–Trinajstić information content (AvgIpc) is 3.09. The topological polar surface area (TPSA) is 98.7 Å². The highest BCUT2D eigenvalue weighted by Crippen LogP contribution is 2.18. The van der Waals surface area contributed by atoms with Crippen molar-refractivity contribution in [1.82, 2.24) is 15.5 Å². The van der Waals surface area contributed by atoms with E-state index >= 15 is 0 Å². The van der Waals surface area contributed by atoms with Crippen LogP contribution in [0.5, 0.6) is 0 Å². The number of carboxylic acid groups (broad SMARTS) is 1. The summed E-state index contributed by atoms with van der Waals surface area (Å²) in [6, 6.07) is -0.975. The van der Waals surface area contributed by atoms with Crippen molar-refractivity contribution >= 4 is 17.9 Å². The van der Waals surface area contributed by atoms with E-state index in [0.29, 0.717) is 0 Å². The third kappa shape index (κ3) is 4.60. The number of carboxylic acids is 1. The molecule has 0 radical (unpaired) electrons. The molecule has 18 heavy (non-hydrogen) atoms. The van der Waals surface area contributed by atoms with Crippen LogP contribution in [-0.4, -0.2) is 53.1 Å². The van der Waals surface area contributed by atoms with Gasteiger partial charge in [0.25, 0.3) is 0 Å². The predicted molar refractivity (Wildman–Crippen MR) is 64.0 cm³/mol. The zero-order valence-electron chi connectivity index (χ0n) is 10.6. The quantitative estimate of drug-likeness (QED) is 0.612. The number of aliphatic carboxylic acids is 1. The van der Waals surface area contributed by atoms with E-state index in [2.05, 4.69) is 10.6 Å².